The van der Waals surface area contributed by atoms with Gasteiger partial charge in [-0.15, -0.1) is 0 Å². The molecule has 25 heavy (non-hydrogen) atoms. The number of rotatable bonds is 6. The minimum absolute atomic E-state index is 0.767. The van der Waals surface area contributed by atoms with Crippen molar-refractivity contribution in [1.29, 1.82) is 0 Å². The van der Waals surface area contributed by atoms with Gasteiger partial charge in [0.15, 0.2) is 5.82 Å². The highest BCUT2D eigenvalue weighted by Crippen LogP contribution is 2.38. The third kappa shape index (κ3) is 4.42. The molecule has 0 amide bonds. The Labute approximate surface area is 153 Å². The van der Waals surface area contributed by atoms with Crippen molar-refractivity contribution in [3.8, 4) is 0 Å². The molecule has 0 saturated heterocycles. The fourth-order valence-electron chi connectivity index (χ4n) is 2.75. The Morgan fingerprint density at radius 2 is 2.04 bits per heavy atom. The van der Waals surface area contributed by atoms with Crippen molar-refractivity contribution in [1.82, 2.24) is 10.2 Å². The number of nitrogens with zero attached hydrogens (tertiary/aromatic N) is 2. The number of anilines is 1. The first kappa shape index (κ1) is 17.5. The Hall–Kier alpha value is -2.27. The van der Waals surface area contributed by atoms with Crippen LogP contribution in [0.3, 0.4) is 0 Å². The van der Waals surface area contributed by atoms with Gasteiger partial charge in [0.1, 0.15) is 0 Å². The molecule has 0 radical (unpaired) electrons. The lowest BCUT2D eigenvalue weighted by molar-refractivity contribution is 1.01. The van der Waals surface area contributed by atoms with E-state index in [1.165, 1.54) is 11.1 Å². The van der Waals surface area contributed by atoms with Crippen LogP contribution >= 0.6 is 11.8 Å². The second-order valence-electron chi connectivity index (χ2n) is 6.32. The maximum absolute atomic E-state index is 4.69. The number of benzene rings is 1. The van der Waals surface area contributed by atoms with Crippen LogP contribution in [-0.4, -0.2) is 15.2 Å². The lowest BCUT2D eigenvalue weighted by Gasteiger charge is -2.06. The van der Waals surface area contributed by atoms with Gasteiger partial charge in [-0.25, -0.2) is 0 Å². The number of aromatic nitrogens is 2. The largest absolute Gasteiger partial charge is 0.364 e. The number of thioether (sulfide) groups is 1. The zero-order valence-corrected chi connectivity index (χ0v) is 15.8. The molecule has 3 rings (SSSR count). The molecule has 2 aromatic rings. The van der Waals surface area contributed by atoms with Crippen molar-refractivity contribution >= 4 is 22.6 Å². The van der Waals surface area contributed by atoms with Crippen molar-refractivity contribution in [2.75, 3.05) is 5.32 Å². The molecule has 0 spiro atoms. The summed E-state index contributed by atoms with van der Waals surface area (Å²) < 4.78 is 0. The first-order valence-corrected chi connectivity index (χ1v) is 9.35. The summed E-state index contributed by atoms with van der Waals surface area (Å²) in [6.45, 7) is 10.8. The van der Waals surface area contributed by atoms with E-state index < -0.39 is 0 Å². The smallest absolute Gasteiger partial charge is 0.162 e. The summed E-state index contributed by atoms with van der Waals surface area (Å²) in [7, 11) is 0. The quantitative estimate of drug-likeness (QED) is 0.710. The molecule has 2 N–H and O–H groups in total. The highest BCUT2D eigenvalue weighted by atomic mass is 32.2. The average Bonchev–Trinajstić information content (AvgIpc) is 3.13. The Kier molecular flexibility index (Phi) is 5.43. The number of fused-ring (bicyclic) bond motifs is 1. The predicted molar refractivity (Wildman–Crippen MR) is 107 cm³/mol. The number of aliphatic imine (C=N–C) groups is 1. The SMILES string of the molecule is C=C(C)/C=C(/C)N=C1Cc2[nH]nc(NCc3ccc(CC)cc3)c2S1. The van der Waals surface area contributed by atoms with E-state index in [0.717, 1.165) is 52.1 Å². The second kappa shape index (κ2) is 7.74. The van der Waals surface area contributed by atoms with Gasteiger partial charge in [0.25, 0.3) is 0 Å². The van der Waals surface area contributed by atoms with Gasteiger partial charge >= 0.3 is 0 Å². The van der Waals surface area contributed by atoms with Crippen LogP contribution in [-0.2, 0) is 19.4 Å². The molecule has 0 saturated carbocycles. The number of aryl methyl sites for hydroxylation is 1. The molecule has 2 heterocycles. The topological polar surface area (TPSA) is 53.1 Å². The number of hydrogen-bond acceptors (Lipinski definition) is 4. The van der Waals surface area contributed by atoms with E-state index in [-0.39, 0.29) is 0 Å². The zero-order chi connectivity index (χ0) is 17.8. The summed E-state index contributed by atoms with van der Waals surface area (Å²) in [6.07, 6.45) is 3.87. The van der Waals surface area contributed by atoms with Gasteiger partial charge in [0, 0.05) is 18.7 Å². The van der Waals surface area contributed by atoms with Crippen molar-refractivity contribution in [2.45, 2.75) is 45.1 Å². The van der Waals surface area contributed by atoms with Crippen LogP contribution in [0.4, 0.5) is 5.82 Å². The lowest BCUT2D eigenvalue weighted by Crippen LogP contribution is -2.01. The molecule has 1 aromatic carbocycles. The van der Waals surface area contributed by atoms with E-state index in [4.69, 9.17) is 0 Å². The molecule has 1 aliphatic rings. The van der Waals surface area contributed by atoms with E-state index >= 15 is 0 Å². The fraction of sp³-hybridized carbons (Fsp3) is 0.300. The second-order valence-corrected chi connectivity index (χ2v) is 7.40. The summed E-state index contributed by atoms with van der Waals surface area (Å²) >= 11 is 1.69. The third-order valence-electron chi connectivity index (χ3n) is 3.99. The highest BCUT2D eigenvalue weighted by molar-refractivity contribution is 8.14. The molecular formula is C20H24N4S. The average molecular weight is 353 g/mol. The number of aromatic amines is 1. The molecule has 5 heteroatoms. The van der Waals surface area contributed by atoms with Crippen LogP contribution in [0.25, 0.3) is 0 Å². The first-order chi connectivity index (χ1) is 12.0. The van der Waals surface area contributed by atoms with Crippen LogP contribution in [0.15, 0.2) is 58.1 Å². The number of nitrogens with one attached hydrogen (secondary N) is 2. The molecule has 1 aliphatic heterocycles. The monoisotopic (exact) mass is 352 g/mol. The predicted octanol–water partition coefficient (Wildman–Crippen LogP) is 5.11. The normalized spacial score (nSPS) is 15.5. The van der Waals surface area contributed by atoms with Crippen molar-refractivity contribution in [2.24, 2.45) is 4.99 Å². The Morgan fingerprint density at radius 1 is 1.32 bits per heavy atom. The van der Waals surface area contributed by atoms with Crippen molar-refractivity contribution in [3.05, 3.63) is 65.0 Å². The van der Waals surface area contributed by atoms with Gasteiger partial charge in [0.2, 0.25) is 0 Å². The number of allylic oxidation sites excluding steroid dienone is 3. The van der Waals surface area contributed by atoms with Gasteiger partial charge in [-0.3, -0.25) is 10.1 Å². The number of hydrogen-bond donors (Lipinski definition) is 2. The standard InChI is InChI=1S/C20H24N4S/c1-5-15-6-8-16(9-7-15)12-21-20-19-17(23-24-20)11-18(25-19)22-14(4)10-13(2)3/h6-10H,2,5,11-12H2,1,3-4H3,(H2,21,23,24)/b14-10-,22-18?. The first-order valence-electron chi connectivity index (χ1n) is 8.53. The molecule has 0 aliphatic carbocycles. The van der Waals surface area contributed by atoms with E-state index in [0.29, 0.717) is 0 Å². The van der Waals surface area contributed by atoms with Crippen LogP contribution in [0.5, 0.6) is 0 Å². The Morgan fingerprint density at radius 3 is 2.72 bits per heavy atom. The maximum atomic E-state index is 4.69. The molecule has 4 nitrogen and oxygen atoms in total. The van der Waals surface area contributed by atoms with Gasteiger partial charge in [-0.2, -0.15) is 5.10 Å². The lowest BCUT2D eigenvalue weighted by atomic mass is 10.1. The van der Waals surface area contributed by atoms with E-state index in [1.807, 2.05) is 19.9 Å². The minimum Gasteiger partial charge on any atom is -0.364 e. The van der Waals surface area contributed by atoms with Crippen molar-refractivity contribution in [3.63, 3.8) is 0 Å². The summed E-state index contributed by atoms with van der Waals surface area (Å²) in [5.74, 6) is 0.909. The van der Waals surface area contributed by atoms with Crippen LogP contribution in [0.2, 0.25) is 0 Å². The molecule has 0 fully saturated rings. The van der Waals surface area contributed by atoms with Crippen LogP contribution in [0, 0.1) is 0 Å². The Bertz CT molecular complexity index is 828. The van der Waals surface area contributed by atoms with E-state index in [1.54, 1.807) is 11.8 Å². The third-order valence-corrected chi connectivity index (χ3v) is 5.10. The van der Waals surface area contributed by atoms with Gasteiger partial charge in [-0.1, -0.05) is 55.1 Å². The summed E-state index contributed by atoms with van der Waals surface area (Å²) in [5, 5.41) is 12.1. The number of H-pyrrole nitrogens is 1. The molecule has 0 bridgehead atoms. The Balaban J connectivity index is 1.66. The molecular weight excluding hydrogens is 328 g/mol. The van der Waals surface area contributed by atoms with Gasteiger partial charge in [0.05, 0.1) is 15.6 Å². The summed E-state index contributed by atoms with van der Waals surface area (Å²) in [4.78, 5) is 5.85. The van der Waals surface area contributed by atoms with E-state index in [2.05, 4.69) is 58.3 Å². The molecule has 130 valence electrons. The van der Waals surface area contributed by atoms with Crippen LogP contribution < -0.4 is 5.32 Å². The molecule has 0 unspecified atom stereocenters. The van der Waals surface area contributed by atoms with Crippen LogP contribution in [0.1, 0.15) is 37.6 Å². The molecule has 0 atom stereocenters. The molecule has 1 aromatic heterocycles. The van der Waals surface area contributed by atoms with E-state index in [9.17, 15) is 0 Å². The van der Waals surface area contributed by atoms with Gasteiger partial charge < -0.3 is 5.32 Å². The zero-order valence-electron chi connectivity index (χ0n) is 15.0. The fourth-order valence-corrected chi connectivity index (χ4v) is 3.85. The summed E-state index contributed by atoms with van der Waals surface area (Å²) in [6, 6.07) is 8.71. The summed E-state index contributed by atoms with van der Waals surface area (Å²) in [5.41, 5.74) is 5.75. The highest BCUT2D eigenvalue weighted by Gasteiger charge is 2.24. The maximum Gasteiger partial charge on any atom is 0.162 e. The minimum atomic E-state index is 0.767. The van der Waals surface area contributed by atoms with Gasteiger partial charge in [-0.05, 0) is 37.5 Å². The van der Waals surface area contributed by atoms with Crippen molar-refractivity contribution < 1.29 is 0 Å².